The lowest BCUT2D eigenvalue weighted by Gasteiger charge is -2.39. The summed E-state index contributed by atoms with van der Waals surface area (Å²) in [5.41, 5.74) is 5.58. The van der Waals surface area contributed by atoms with Crippen molar-refractivity contribution < 1.29 is 4.58 Å². The summed E-state index contributed by atoms with van der Waals surface area (Å²) < 4.78 is 4.63. The first-order valence-electron chi connectivity index (χ1n) is 10.7. The minimum absolute atomic E-state index is 0.00298. The molecular weight excluding hydrogens is 384 g/mol. The molecule has 0 amide bonds. The van der Waals surface area contributed by atoms with Crippen LogP contribution in [-0.4, -0.2) is 31.9 Å². The molecule has 3 unspecified atom stereocenters. The van der Waals surface area contributed by atoms with Gasteiger partial charge in [0.2, 0.25) is 11.8 Å². The van der Waals surface area contributed by atoms with Gasteiger partial charge in [-0.3, -0.25) is 4.90 Å². The molecule has 3 atom stereocenters. The van der Waals surface area contributed by atoms with Gasteiger partial charge >= 0.3 is 0 Å². The van der Waals surface area contributed by atoms with Crippen molar-refractivity contribution in [3.63, 3.8) is 0 Å². The van der Waals surface area contributed by atoms with Crippen molar-refractivity contribution in [2.75, 3.05) is 0 Å². The van der Waals surface area contributed by atoms with Crippen molar-refractivity contribution >= 4 is 22.4 Å². The molecule has 6 heterocycles. The van der Waals surface area contributed by atoms with Crippen LogP contribution >= 0.6 is 0 Å². The zero-order valence-corrected chi connectivity index (χ0v) is 16.3. The van der Waals surface area contributed by atoms with Gasteiger partial charge in [0.05, 0.1) is 17.0 Å². The fourth-order valence-electron chi connectivity index (χ4n) is 6.07. The number of allylic oxidation sites excluding steroid dienone is 3. The van der Waals surface area contributed by atoms with Crippen LogP contribution in [0.4, 0.5) is 0 Å². The Balaban J connectivity index is 1.54. The van der Waals surface area contributed by atoms with Gasteiger partial charge < -0.3 is 0 Å². The van der Waals surface area contributed by atoms with Crippen molar-refractivity contribution in [1.29, 1.82) is 0 Å². The van der Waals surface area contributed by atoms with Crippen LogP contribution < -0.4 is 11.0 Å². The molecule has 1 aliphatic carbocycles. The fourth-order valence-corrected chi connectivity index (χ4v) is 6.07. The van der Waals surface area contributed by atoms with Gasteiger partial charge in [0.15, 0.2) is 6.17 Å². The number of nitrogens with zero attached hydrogens (tertiary/aromatic N) is 6. The van der Waals surface area contributed by atoms with E-state index in [1.54, 1.807) is 0 Å². The monoisotopic (exact) mass is 399 g/mol. The molecule has 144 valence electrons. The van der Waals surface area contributed by atoms with Crippen LogP contribution in [0.3, 0.4) is 0 Å². The van der Waals surface area contributed by atoms with E-state index in [-0.39, 0.29) is 18.4 Å². The van der Waals surface area contributed by atoms with Crippen LogP contribution in [0.5, 0.6) is 0 Å². The van der Waals surface area contributed by atoms with Crippen LogP contribution in [0.15, 0.2) is 99.2 Å². The molecule has 9 rings (SSSR count). The molecule has 0 saturated carbocycles. The molecule has 0 N–H and O–H groups in total. The summed E-state index contributed by atoms with van der Waals surface area (Å²) in [4.78, 5) is 18.1. The summed E-state index contributed by atoms with van der Waals surface area (Å²) in [5, 5.41) is 2.31. The third-order valence-electron chi connectivity index (χ3n) is 7.29. The first-order valence-corrected chi connectivity index (χ1v) is 10.7. The highest BCUT2D eigenvalue weighted by molar-refractivity contribution is 6.15. The molecule has 0 fully saturated rings. The Labute approximate surface area is 176 Å². The summed E-state index contributed by atoms with van der Waals surface area (Å²) in [5.74, 6) is 3.28. The molecule has 6 heteroatoms. The molecule has 6 nitrogen and oxygen atoms in total. The van der Waals surface area contributed by atoms with Gasteiger partial charge in [-0.05, 0) is 18.2 Å². The number of benzene rings is 2. The lowest BCUT2D eigenvalue weighted by atomic mass is 9.94. The molecule has 1 aromatic heterocycles. The maximum Gasteiger partial charge on any atom is 0.276 e. The normalized spacial score (nSPS) is 27.2. The van der Waals surface area contributed by atoms with Crippen molar-refractivity contribution in [2.24, 2.45) is 20.9 Å². The predicted molar refractivity (Wildman–Crippen MR) is 115 cm³/mol. The van der Waals surface area contributed by atoms with Crippen molar-refractivity contribution in [3.8, 4) is 0 Å². The molecule has 31 heavy (non-hydrogen) atoms. The van der Waals surface area contributed by atoms with E-state index in [4.69, 9.17) is 15.0 Å². The van der Waals surface area contributed by atoms with Gasteiger partial charge in [-0.2, -0.15) is 4.58 Å². The summed E-state index contributed by atoms with van der Waals surface area (Å²) >= 11 is 0. The van der Waals surface area contributed by atoms with E-state index < -0.39 is 0 Å². The highest BCUT2D eigenvalue weighted by Gasteiger charge is 2.57. The van der Waals surface area contributed by atoms with E-state index in [1.165, 1.54) is 11.1 Å². The smallest absolute Gasteiger partial charge is 0.267 e. The van der Waals surface area contributed by atoms with E-state index >= 15 is 0 Å². The predicted octanol–water partition coefficient (Wildman–Crippen LogP) is 2.19. The van der Waals surface area contributed by atoms with E-state index in [0.29, 0.717) is 0 Å². The maximum atomic E-state index is 5.31. The Morgan fingerprint density at radius 3 is 2.48 bits per heavy atom. The molecule has 0 radical (unpaired) electrons. The summed E-state index contributed by atoms with van der Waals surface area (Å²) in [6.45, 7) is 0. The topological polar surface area (TPSA) is 48.3 Å². The Kier molecular flexibility index (Phi) is 2.22. The van der Waals surface area contributed by atoms with Gasteiger partial charge in [0.25, 0.3) is 11.7 Å². The van der Waals surface area contributed by atoms with Crippen LogP contribution in [0.2, 0.25) is 0 Å². The molecular formula is C25H15N6+. The van der Waals surface area contributed by atoms with E-state index in [1.807, 2.05) is 0 Å². The Bertz CT molecular complexity index is 1710. The van der Waals surface area contributed by atoms with Gasteiger partial charge in [-0.25, -0.2) is 9.56 Å². The highest BCUT2D eigenvalue weighted by Crippen LogP contribution is 2.47. The molecule has 2 aromatic carbocycles. The third-order valence-corrected chi connectivity index (χ3v) is 7.29. The molecule has 0 saturated heterocycles. The number of hydrogen-bond donors (Lipinski definition) is 0. The first kappa shape index (κ1) is 14.8. The second kappa shape index (κ2) is 4.64. The van der Waals surface area contributed by atoms with E-state index in [2.05, 4.69) is 86.9 Å². The second-order valence-electron chi connectivity index (χ2n) is 8.69. The number of aromatic nitrogens is 1. The molecule has 6 aliphatic rings. The van der Waals surface area contributed by atoms with Gasteiger partial charge in [0, 0.05) is 16.3 Å². The standard InChI is InChI=1S/C25H15N6/c1-2-8-14-13(7-1)19-26-21-15-9-3-4-10-16(15)23-28-24-18-12-6-5-11-17(18)22-27-20(14)29(19)25(30(21)23)31(22)24/h1-13,19,25H/q+1. The summed E-state index contributed by atoms with van der Waals surface area (Å²) in [6, 6.07) is 17.0. The van der Waals surface area contributed by atoms with Crippen LogP contribution in [-0.2, 0) is 0 Å². The first-order chi connectivity index (χ1) is 15.4. The zero-order chi connectivity index (χ0) is 19.8. The van der Waals surface area contributed by atoms with Gasteiger partial charge in [-0.1, -0.05) is 59.6 Å². The third kappa shape index (κ3) is 1.46. The number of fused-ring (bicyclic) bond motifs is 8. The lowest BCUT2D eigenvalue weighted by Crippen LogP contribution is -2.58. The molecule has 3 aromatic rings. The average molecular weight is 399 g/mol. The minimum atomic E-state index is -0.0396. The summed E-state index contributed by atoms with van der Waals surface area (Å²) in [6.07, 6.45) is 8.69. The van der Waals surface area contributed by atoms with Crippen molar-refractivity contribution in [3.05, 3.63) is 106 Å². The van der Waals surface area contributed by atoms with E-state index in [9.17, 15) is 0 Å². The lowest BCUT2D eigenvalue weighted by molar-refractivity contribution is -0.528. The Morgan fingerprint density at radius 1 is 0.839 bits per heavy atom. The second-order valence-corrected chi connectivity index (χ2v) is 8.69. The average Bonchev–Trinajstić information content (AvgIpc) is 3.45. The van der Waals surface area contributed by atoms with Crippen LogP contribution in [0.1, 0.15) is 17.4 Å². The van der Waals surface area contributed by atoms with Crippen molar-refractivity contribution in [2.45, 2.75) is 12.5 Å². The van der Waals surface area contributed by atoms with Crippen molar-refractivity contribution in [1.82, 2.24) is 9.47 Å². The minimum Gasteiger partial charge on any atom is -0.267 e. The zero-order valence-electron chi connectivity index (χ0n) is 16.3. The Hall–Kier alpha value is -4.06. The quantitative estimate of drug-likeness (QED) is 0.535. The van der Waals surface area contributed by atoms with Gasteiger partial charge in [-0.15, -0.1) is 4.99 Å². The number of amidine groups is 2. The fraction of sp³-hybridized carbons (Fsp3) is 0.120. The molecule has 0 spiro atoms. The molecule has 0 bridgehead atoms. The SMILES string of the molecule is C1=CC2=C3N=c4c5ccccc5c5n4C4N3C(N=C3c6ccccc6C(=[N+]34)N=5)C2C=C1. The number of aliphatic imine (C=N–C) groups is 1. The van der Waals surface area contributed by atoms with Crippen LogP contribution in [0.25, 0.3) is 10.8 Å². The summed E-state index contributed by atoms with van der Waals surface area (Å²) in [7, 11) is 0. The van der Waals surface area contributed by atoms with Crippen LogP contribution in [0, 0.1) is 5.92 Å². The number of hydrogen-bond acceptors (Lipinski definition) is 4. The Morgan fingerprint density at radius 2 is 1.61 bits per heavy atom. The van der Waals surface area contributed by atoms with Gasteiger partial charge in [0.1, 0.15) is 11.3 Å². The maximum absolute atomic E-state index is 5.31. The number of rotatable bonds is 0. The highest BCUT2D eigenvalue weighted by atomic mass is 15.6. The van der Waals surface area contributed by atoms with E-state index in [0.717, 1.165) is 44.8 Å². The largest absolute Gasteiger partial charge is 0.276 e. The molecule has 5 aliphatic heterocycles.